The van der Waals surface area contributed by atoms with Crippen molar-refractivity contribution in [1.29, 1.82) is 0 Å². The lowest BCUT2D eigenvalue weighted by atomic mass is 10.1. The molecule has 0 unspecified atom stereocenters. The Hall–Kier alpha value is -3.15. The van der Waals surface area contributed by atoms with Crippen LogP contribution >= 0.6 is 0 Å². The fourth-order valence-corrected chi connectivity index (χ4v) is 2.35. The number of benzene rings is 2. The van der Waals surface area contributed by atoms with Gasteiger partial charge in [0.25, 0.3) is 5.89 Å². The van der Waals surface area contributed by atoms with Crippen molar-refractivity contribution in [2.75, 3.05) is 5.32 Å². The summed E-state index contributed by atoms with van der Waals surface area (Å²) in [4.78, 5) is 16.4. The second-order valence-corrected chi connectivity index (χ2v) is 6.48. The van der Waals surface area contributed by atoms with Gasteiger partial charge in [-0.25, -0.2) is 4.79 Å². The normalized spacial score (nSPS) is 10.8. The number of hydrogen-bond donors (Lipinski definition) is 2. The molecular formula is C20H22N4O2. The Morgan fingerprint density at radius 2 is 1.77 bits per heavy atom. The van der Waals surface area contributed by atoms with E-state index in [4.69, 9.17) is 4.52 Å². The van der Waals surface area contributed by atoms with Crippen LogP contribution in [0, 0.1) is 6.92 Å². The average Bonchev–Trinajstić information content (AvgIpc) is 3.12. The van der Waals surface area contributed by atoms with Crippen LogP contribution in [-0.4, -0.2) is 16.2 Å². The van der Waals surface area contributed by atoms with Gasteiger partial charge in [-0.3, -0.25) is 0 Å². The van der Waals surface area contributed by atoms with Crippen molar-refractivity contribution in [2.24, 2.45) is 0 Å². The Kier molecular flexibility index (Phi) is 5.31. The van der Waals surface area contributed by atoms with E-state index in [1.165, 1.54) is 5.56 Å². The number of hydrogen-bond acceptors (Lipinski definition) is 4. The van der Waals surface area contributed by atoms with Gasteiger partial charge >= 0.3 is 6.03 Å². The smallest absolute Gasteiger partial charge is 0.319 e. The summed E-state index contributed by atoms with van der Waals surface area (Å²) in [5.41, 5.74) is 3.76. The maximum absolute atomic E-state index is 12.0. The topological polar surface area (TPSA) is 80.0 Å². The summed E-state index contributed by atoms with van der Waals surface area (Å²) >= 11 is 0. The van der Waals surface area contributed by atoms with Gasteiger partial charge in [-0.15, -0.1) is 0 Å². The molecule has 1 aromatic heterocycles. The predicted molar refractivity (Wildman–Crippen MR) is 101 cm³/mol. The summed E-state index contributed by atoms with van der Waals surface area (Å²) in [6.45, 7) is 6.53. The lowest BCUT2D eigenvalue weighted by Gasteiger charge is -2.08. The number of aromatic nitrogens is 2. The molecule has 0 fully saturated rings. The maximum atomic E-state index is 12.0. The zero-order valence-electron chi connectivity index (χ0n) is 15.1. The van der Waals surface area contributed by atoms with E-state index in [-0.39, 0.29) is 11.9 Å². The first-order chi connectivity index (χ1) is 12.5. The summed E-state index contributed by atoms with van der Waals surface area (Å²) in [7, 11) is 0. The summed E-state index contributed by atoms with van der Waals surface area (Å²) in [5, 5.41) is 9.60. The van der Waals surface area contributed by atoms with Gasteiger partial charge in [-0.05, 0) is 36.8 Å². The molecule has 0 bridgehead atoms. The van der Waals surface area contributed by atoms with Crippen LogP contribution in [0.4, 0.5) is 10.5 Å². The number of nitrogens with one attached hydrogen (secondary N) is 2. The maximum Gasteiger partial charge on any atom is 0.319 e. The number of rotatable bonds is 5. The molecule has 0 aliphatic carbocycles. The van der Waals surface area contributed by atoms with Crippen LogP contribution in [-0.2, 0) is 6.54 Å². The van der Waals surface area contributed by atoms with E-state index in [0.29, 0.717) is 23.9 Å². The minimum atomic E-state index is -0.252. The van der Waals surface area contributed by atoms with Gasteiger partial charge in [-0.1, -0.05) is 48.8 Å². The number of aryl methyl sites for hydroxylation is 1. The van der Waals surface area contributed by atoms with Crippen molar-refractivity contribution in [3.05, 3.63) is 65.5 Å². The number of nitrogens with zero attached hydrogens (tertiary/aromatic N) is 2. The highest BCUT2D eigenvalue weighted by Crippen LogP contribution is 2.21. The zero-order valence-corrected chi connectivity index (χ0v) is 15.1. The molecule has 0 atom stereocenters. The van der Waals surface area contributed by atoms with Crippen molar-refractivity contribution in [3.63, 3.8) is 0 Å². The molecule has 3 rings (SSSR count). The van der Waals surface area contributed by atoms with Crippen molar-refractivity contribution in [1.82, 2.24) is 15.5 Å². The van der Waals surface area contributed by atoms with Gasteiger partial charge in [0.15, 0.2) is 5.82 Å². The molecule has 0 radical (unpaired) electrons. The highest BCUT2D eigenvalue weighted by atomic mass is 16.5. The van der Waals surface area contributed by atoms with E-state index in [9.17, 15) is 4.79 Å². The molecule has 0 aliphatic rings. The minimum Gasteiger partial charge on any atom is -0.334 e. The van der Waals surface area contributed by atoms with Crippen LogP contribution < -0.4 is 10.6 Å². The van der Waals surface area contributed by atoms with E-state index in [2.05, 4.69) is 20.8 Å². The van der Waals surface area contributed by atoms with E-state index >= 15 is 0 Å². The molecule has 3 aromatic rings. The van der Waals surface area contributed by atoms with Gasteiger partial charge in [0, 0.05) is 23.7 Å². The fourth-order valence-electron chi connectivity index (χ4n) is 2.35. The van der Waals surface area contributed by atoms with Crippen LogP contribution in [0.25, 0.3) is 11.5 Å². The molecule has 0 saturated heterocycles. The third-order valence-corrected chi connectivity index (χ3v) is 3.92. The number of anilines is 1. The Balaban J connectivity index is 1.56. The van der Waals surface area contributed by atoms with Gasteiger partial charge in [0.05, 0.1) is 0 Å². The third kappa shape index (κ3) is 4.47. The van der Waals surface area contributed by atoms with Crippen molar-refractivity contribution >= 4 is 11.7 Å². The second kappa shape index (κ2) is 7.82. The Bertz CT molecular complexity index is 868. The quantitative estimate of drug-likeness (QED) is 0.710. The molecule has 0 saturated carbocycles. The van der Waals surface area contributed by atoms with Crippen molar-refractivity contribution in [2.45, 2.75) is 33.2 Å². The lowest BCUT2D eigenvalue weighted by molar-refractivity contribution is 0.251. The molecule has 2 N–H and O–H groups in total. The molecule has 2 aromatic carbocycles. The van der Waals surface area contributed by atoms with Gasteiger partial charge in [0.2, 0.25) is 0 Å². The van der Waals surface area contributed by atoms with Crippen LogP contribution in [0.2, 0.25) is 0 Å². The summed E-state index contributed by atoms with van der Waals surface area (Å²) in [6.07, 6.45) is 0. The first-order valence-electron chi connectivity index (χ1n) is 8.55. The van der Waals surface area contributed by atoms with E-state index in [1.807, 2.05) is 57.2 Å². The second-order valence-electron chi connectivity index (χ2n) is 6.48. The fraction of sp³-hybridized carbons (Fsp3) is 0.250. The summed E-state index contributed by atoms with van der Waals surface area (Å²) in [5.74, 6) is 1.37. The Morgan fingerprint density at radius 3 is 2.38 bits per heavy atom. The molecule has 1 heterocycles. The molecule has 134 valence electrons. The predicted octanol–water partition coefficient (Wildman–Crippen LogP) is 4.49. The molecule has 0 spiro atoms. The molecule has 0 aliphatic heterocycles. The number of urea groups is 1. The number of carbonyl (C=O) groups is 1. The zero-order chi connectivity index (χ0) is 18.5. The minimum absolute atomic E-state index is 0.214. The van der Waals surface area contributed by atoms with E-state index in [1.54, 1.807) is 12.1 Å². The van der Waals surface area contributed by atoms with Gasteiger partial charge in [0.1, 0.15) is 0 Å². The molecule has 2 amide bonds. The Labute approximate surface area is 152 Å². The van der Waals surface area contributed by atoms with Crippen LogP contribution in [0.1, 0.15) is 36.7 Å². The van der Waals surface area contributed by atoms with Gasteiger partial charge in [-0.2, -0.15) is 4.98 Å². The largest absolute Gasteiger partial charge is 0.334 e. The standard InChI is InChI=1S/C20H22N4O2/c1-13(2)18-23-19(26-24-18)16-8-10-17(11-9-16)22-20(25)21-12-15-6-4-14(3)5-7-15/h4-11,13H,12H2,1-3H3,(H2,21,22,25). The van der Waals surface area contributed by atoms with Gasteiger partial charge < -0.3 is 15.2 Å². The molecule has 6 nitrogen and oxygen atoms in total. The van der Waals surface area contributed by atoms with Crippen LogP contribution in [0.5, 0.6) is 0 Å². The number of carbonyl (C=O) groups excluding carboxylic acids is 1. The SMILES string of the molecule is Cc1ccc(CNC(=O)Nc2ccc(-c3nc(C(C)C)no3)cc2)cc1. The van der Waals surface area contributed by atoms with E-state index in [0.717, 1.165) is 11.1 Å². The monoisotopic (exact) mass is 350 g/mol. The average molecular weight is 350 g/mol. The highest BCUT2D eigenvalue weighted by Gasteiger charge is 2.11. The van der Waals surface area contributed by atoms with Crippen molar-refractivity contribution < 1.29 is 9.32 Å². The van der Waals surface area contributed by atoms with E-state index < -0.39 is 0 Å². The molecular weight excluding hydrogens is 328 g/mol. The first kappa shape index (κ1) is 17.7. The van der Waals surface area contributed by atoms with Crippen LogP contribution in [0.3, 0.4) is 0 Å². The highest BCUT2D eigenvalue weighted by molar-refractivity contribution is 5.89. The number of amides is 2. The van der Waals surface area contributed by atoms with Crippen LogP contribution in [0.15, 0.2) is 53.1 Å². The summed E-state index contributed by atoms with van der Waals surface area (Å²) < 4.78 is 5.27. The molecule has 26 heavy (non-hydrogen) atoms. The summed E-state index contributed by atoms with van der Waals surface area (Å²) in [6, 6.07) is 15.1. The first-order valence-corrected chi connectivity index (χ1v) is 8.55. The Morgan fingerprint density at radius 1 is 1.08 bits per heavy atom. The molecule has 6 heteroatoms. The lowest BCUT2D eigenvalue weighted by Crippen LogP contribution is -2.28. The van der Waals surface area contributed by atoms with Crippen molar-refractivity contribution in [3.8, 4) is 11.5 Å². The third-order valence-electron chi connectivity index (χ3n) is 3.92.